The lowest BCUT2D eigenvalue weighted by Gasteiger charge is -2.16. The molecule has 2 aromatic heterocycles. The van der Waals surface area contributed by atoms with Crippen molar-refractivity contribution in [2.24, 2.45) is 0 Å². The Morgan fingerprint density at radius 2 is 1.97 bits per heavy atom. The first kappa shape index (κ1) is 21.3. The largest absolute Gasteiger partial charge is 0.483 e. The minimum atomic E-state index is -0.341. The van der Waals surface area contributed by atoms with Gasteiger partial charge in [0.25, 0.3) is 0 Å². The smallest absolute Gasteiger partial charge is 0.239 e. The number of para-hydroxylation sites is 1. The van der Waals surface area contributed by atoms with Gasteiger partial charge in [-0.05, 0) is 46.8 Å². The molecule has 0 fully saturated rings. The number of carbonyl (C=O) groups excluding carboxylic acids is 1. The minimum Gasteiger partial charge on any atom is -0.483 e. The Kier molecular flexibility index (Phi) is 6.92. The van der Waals surface area contributed by atoms with E-state index in [9.17, 15) is 4.79 Å². The molecule has 1 N–H and O–H groups in total. The van der Waals surface area contributed by atoms with Crippen molar-refractivity contribution in [1.29, 1.82) is 0 Å². The molecule has 2 atom stereocenters. The van der Waals surface area contributed by atoms with Gasteiger partial charge in [0.15, 0.2) is 22.2 Å². The first-order valence-corrected chi connectivity index (χ1v) is 11.1. The average Bonchev–Trinajstić information content (AvgIpc) is 3.24. The highest BCUT2D eigenvalue weighted by Crippen LogP contribution is 2.28. The molecule has 1 aromatic carbocycles. The quantitative estimate of drug-likeness (QED) is 0.524. The Morgan fingerprint density at radius 1 is 1.24 bits per heavy atom. The van der Waals surface area contributed by atoms with E-state index in [2.05, 4.69) is 20.5 Å². The van der Waals surface area contributed by atoms with Crippen molar-refractivity contribution in [3.63, 3.8) is 0 Å². The normalized spacial score (nSPS) is 13.1. The highest BCUT2D eigenvalue weighted by molar-refractivity contribution is 8.00. The van der Waals surface area contributed by atoms with E-state index in [0.717, 1.165) is 22.1 Å². The minimum absolute atomic E-state index is 0.107. The van der Waals surface area contributed by atoms with E-state index in [-0.39, 0.29) is 17.3 Å². The fraction of sp³-hybridized carbons (Fsp3) is 0.400. The maximum absolute atomic E-state index is 12.6. The summed E-state index contributed by atoms with van der Waals surface area (Å²) in [5.41, 5.74) is 0.938. The second-order valence-electron chi connectivity index (χ2n) is 6.57. The number of amides is 1. The van der Waals surface area contributed by atoms with Crippen molar-refractivity contribution in [2.75, 3.05) is 5.32 Å². The van der Waals surface area contributed by atoms with Crippen LogP contribution in [0, 0.1) is 13.8 Å². The number of thioether (sulfide) groups is 1. The number of hydrogen-bond donors (Lipinski definition) is 1. The van der Waals surface area contributed by atoms with Crippen LogP contribution in [0.15, 0.2) is 35.5 Å². The van der Waals surface area contributed by atoms with E-state index in [1.54, 1.807) is 0 Å². The first-order valence-electron chi connectivity index (χ1n) is 9.45. The van der Waals surface area contributed by atoms with E-state index in [1.807, 2.05) is 69.5 Å². The summed E-state index contributed by atoms with van der Waals surface area (Å²) in [7, 11) is 0. The van der Waals surface area contributed by atoms with Crippen LogP contribution in [0.3, 0.4) is 0 Å². The lowest BCUT2D eigenvalue weighted by atomic mass is 10.3. The molecule has 0 radical (unpaired) electrons. The summed E-state index contributed by atoms with van der Waals surface area (Å²) in [6.45, 7) is 10.4. The van der Waals surface area contributed by atoms with Gasteiger partial charge in [0.05, 0.1) is 10.9 Å². The monoisotopic (exact) mass is 431 g/mol. The molecule has 0 spiro atoms. The molecule has 0 aliphatic rings. The van der Waals surface area contributed by atoms with Crippen molar-refractivity contribution in [1.82, 2.24) is 19.7 Å². The maximum Gasteiger partial charge on any atom is 0.239 e. The van der Waals surface area contributed by atoms with E-state index in [0.29, 0.717) is 16.8 Å². The number of hydrogen-bond acceptors (Lipinski definition) is 7. The molecular formula is C20H25N5O2S2. The third-order valence-electron chi connectivity index (χ3n) is 4.39. The third-order valence-corrected chi connectivity index (χ3v) is 6.46. The van der Waals surface area contributed by atoms with Gasteiger partial charge in [-0.25, -0.2) is 4.98 Å². The number of anilines is 1. The predicted octanol–water partition coefficient (Wildman–Crippen LogP) is 4.63. The molecule has 29 heavy (non-hydrogen) atoms. The van der Waals surface area contributed by atoms with Crippen LogP contribution in [-0.4, -0.2) is 30.9 Å². The van der Waals surface area contributed by atoms with Crippen LogP contribution in [0.1, 0.15) is 43.3 Å². The molecule has 1 amide bonds. The molecule has 0 aliphatic carbocycles. The maximum atomic E-state index is 12.6. The number of aromatic nitrogens is 4. The summed E-state index contributed by atoms with van der Waals surface area (Å²) in [6, 6.07) is 9.63. The van der Waals surface area contributed by atoms with E-state index < -0.39 is 0 Å². The SMILES string of the molecule is CCn1c(S[C@H](C)C(=O)Nc2nc(C)c(C)s2)nnc1[C@H](C)Oc1ccccc1. The zero-order valence-corrected chi connectivity index (χ0v) is 18.8. The highest BCUT2D eigenvalue weighted by Gasteiger charge is 2.23. The molecule has 0 unspecified atom stereocenters. The number of ether oxygens (including phenoxy) is 1. The molecule has 7 nitrogen and oxygen atoms in total. The van der Waals surface area contributed by atoms with Gasteiger partial charge in [0.1, 0.15) is 5.75 Å². The number of benzene rings is 1. The van der Waals surface area contributed by atoms with Crippen LogP contribution in [0.5, 0.6) is 5.75 Å². The Bertz CT molecular complexity index is 951. The summed E-state index contributed by atoms with van der Waals surface area (Å²) < 4.78 is 7.97. The number of nitrogens with one attached hydrogen (secondary N) is 1. The van der Waals surface area contributed by atoms with Gasteiger partial charge in [-0.3, -0.25) is 4.79 Å². The van der Waals surface area contributed by atoms with Crippen LogP contribution in [0.25, 0.3) is 0 Å². The Hall–Kier alpha value is -2.39. The number of rotatable bonds is 8. The highest BCUT2D eigenvalue weighted by atomic mass is 32.2. The fourth-order valence-electron chi connectivity index (χ4n) is 2.69. The van der Waals surface area contributed by atoms with E-state index in [1.165, 1.54) is 23.1 Å². The van der Waals surface area contributed by atoms with Crippen molar-refractivity contribution >= 4 is 34.1 Å². The Morgan fingerprint density at radius 3 is 2.59 bits per heavy atom. The van der Waals surface area contributed by atoms with Gasteiger partial charge in [-0.1, -0.05) is 30.0 Å². The number of thiazole rings is 1. The van der Waals surface area contributed by atoms with Gasteiger partial charge < -0.3 is 14.6 Å². The summed E-state index contributed by atoms with van der Waals surface area (Å²) in [5, 5.41) is 12.5. The zero-order chi connectivity index (χ0) is 21.0. The molecule has 0 aliphatic heterocycles. The summed E-state index contributed by atoms with van der Waals surface area (Å²) in [5.74, 6) is 1.41. The van der Waals surface area contributed by atoms with Crippen LogP contribution >= 0.6 is 23.1 Å². The summed E-state index contributed by atoms with van der Waals surface area (Å²) in [6.07, 6.45) is -0.260. The molecule has 9 heteroatoms. The lowest BCUT2D eigenvalue weighted by molar-refractivity contribution is -0.115. The second kappa shape index (κ2) is 9.41. The number of aryl methyl sites for hydroxylation is 2. The molecule has 0 saturated heterocycles. The Labute approximate surface area is 178 Å². The number of carbonyl (C=O) groups is 1. The molecule has 3 aromatic rings. The van der Waals surface area contributed by atoms with Gasteiger partial charge in [0, 0.05) is 11.4 Å². The molecule has 0 bridgehead atoms. The van der Waals surface area contributed by atoms with Crippen molar-refractivity contribution < 1.29 is 9.53 Å². The predicted molar refractivity (Wildman–Crippen MR) is 117 cm³/mol. The third kappa shape index (κ3) is 5.16. The van der Waals surface area contributed by atoms with Crippen LogP contribution in [0.4, 0.5) is 5.13 Å². The van der Waals surface area contributed by atoms with Gasteiger partial charge >= 0.3 is 0 Å². The molecular weight excluding hydrogens is 406 g/mol. The molecule has 0 saturated carbocycles. The van der Waals surface area contributed by atoms with Gasteiger partial charge in [-0.2, -0.15) is 0 Å². The fourth-order valence-corrected chi connectivity index (χ4v) is 4.42. The van der Waals surface area contributed by atoms with Crippen LogP contribution < -0.4 is 10.1 Å². The van der Waals surface area contributed by atoms with Crippen LogP contribution in [0.2, 0.25) is 0 Å². The van der Waals surface area contributed by atoms with E-state index in [4.69, 9.17) is 4.74 Å². The zero-order valence-electron chi connectivity index (χ0n) is 17.2. The van der Waals surface area contributed by atoms with Crippen molar-refractivity contribution in [3.8, 4) is 5.75 Å². The van der Waals surface area contributed by atoms with Gasteiger partial charge in [0.2, 0.25) is 5.91 Å². The first-order chi connectivity index (χ1) is 13.9. The molecule has 3 rings (SSSR count). The molecule has 154 valence electrons. The van der Waals surface area contributed by atoms with Crippen molar-refractivity contribution in [3.05, 3.63) is 46.7 Å². The topological polar surface area (TPSA) is 81.9 Å². The second-order valence-corrected chi connectivity index (χ2v) is 9.08. The van der Waals surface area contributed by atoms with Crippen LogP contribution in [-0.2, 0) is 11.3 Å². The summed E-state index contributed by atoms with van der Waals surface area (Å²) in [4.78, 5) is 18.0. The van der Waals surface area contributed by atoms with Crippen molar-refractivity contribution in [2.45, 2.75) is 57.7 Å². The van der Waals surface area contributed by atoms with Gasteiger partial charge in [-0.15, -0.1) is 21.5 Å². The molecule has 2 heterocycles. The lowest BCUT2D eigenvalue weighted by Crippen LogP contribution is -2.23. The average molecular weight is 432 g/mol. The number of nitrogens with zero attached hydrogens (tertiary/aromatic N) is 4. The summed E-state index contributed by atoms with van der Waals surface area (Å²) >= 11 is 2.86. The Balaban J connectivity index is 1.68. The van der Waals surface area contributed by atoms with E-state index >= 15 is 0 Å². The standard InChI is InChI=1S/C20H25N5O2S2/c1-6-25-17(13(3)27-16-10-8-7-9-11-16)23-24-20(25)29-15(5)18(26)22-19-21-12(2)14(4)28-19/h7-11,13,15H,6H2,1-5H3,(H,21,22,26)/t13-,15+/m0/s1.